The third-order valence-corrected chi connectivity index (χ3v) is 3.22. The van der Waals surface area contributed by atoms with Crippen LogP contribution in [-0.4, -0.2) is 11.2 Å². The number of hydrogen-bond donors (Lipinski definition) is 1. The molecule has 0 bridgehead atoms. The van der Waals surface area contributed by atoms with Gasteiger partial charge in [-0.05, 0) is 32.4 Å². The van der Waals surface area contributed by atoms with Gasteiger partial charge in [0.1, 0.15) is 5.75 Å². The second kappa shape index (κ2) is 6.10. The first kappa shape index (κ1) is 14.6. The van der Waals surface area contributed by atoms with Gasteiger partial charge >= 0.3 is 0 Å². The summed E-state index contributed by atoms with van der Waals surface area (Å²) in [4.78, 5) is 0. The minimum atomic E-state index is -0.952. The zero-order valence-corrected chi connectivity index (χ0v) is 12.3. The number of rotatable bonds is 5. The molecule has 20 heavy (non-hydrogen) atoms. The van der Waals surface area contributed by atoms with E-state index < -0.39 is 5.60 Å². The molecule has 0 aliphatic heterocycles. The van der Waals surface area contributed by atoms with E-state index in [1.54, 1.807) is 0 Å². The molecular weight excluding hydrogens is 248 g/mol. The summed E-state index contributed by atoms with van der Waals surface area (Å²) in [6, 6.07) is 17.7. The van der Waals surface area contributed by atoms with Crippen LogP contribution in [0.4, 0.5) is 0 Å². The summed E-state index contributed by atoms with van der Waals surface area (Å²) < 4.78 is 5.81. The summed E-state index contributed by atoms with van der Waals surface area (Å²) in [7, 11) is 0. The first-order valence-electron chi connectivity index (χ1n) is 7.01. The monoisotopic (exact) mass is 270 g/mol. The Labute approximate surface area is 121 Å². The van der Waals surface area contributed by atoms with Gasteiger partial charge in [0.25, 0.3) is 0 Å². The Hall–Kier alpha value is -1.80. The molecule has 2 rings (SSSR count). The molecule has 0 aliphatic rings. The maximum atomic E-state index is 10.9. The van der Waals surface area contributed by atoms with Crippen molar-refractivity contribution in [3.05, 3.63) is 65.7 Å². The first-order chi connectivity index (χ1) is 9.49. The van der Waals surface area contributed by atoms with Crippen LogP contribution in [-0.2, 0) is 12.0 Å². The van der Waals surface area contributed by atoms with Crippen LogP contribution in [0.2, 0.25) is 0 Å². The zero-order valence-electron chi connectivity index (χ0n) is 12.3. The van der Waals surface area contributed by atoms with Crippen molar-refractivity contribution < 1.29 is 9.84 Å². The van der Waals surface area contributed by atoms with E-state index in [0.29, 0.717) is 6.42 Å². The van der Waals surface area contributed by atoms with Crippen molar-refractivity contribution in [1.82, 2.24) is 0 Å². The van der Waals surface area contributed by atoms with Crippen molar-refractivity contribution in [3.8, 4) is 5.75 Å². The van der Waals surface area contributed by atoms with Gasteiger partial charge in [0, 0.05) is 12.0 Å². The van der Waals surface area contributed by atoms with Crippen molar-refractivity contribution in [2.45, 2.75) is 38.9 Å². The fourth-order valence-electron chi connectivity index (χ4n) is 2.36. The Bertz CT molecular complexity index is 544. The molecule has 2 aromatic rings. The molecule has 0 fully saturated rings. The highest BCUT2D eigenvalue weighted by Crippen LogP contribution is 2.33. The molecule has 2 heteroatoms. The minimum Gasteiger partial charge on any atom is -0.491 e. The molecule has 0 radical (unpaired) electrons. The second-order valence-corrected chi connectivity index (χ2v) is 5.60. The van der Waals surface area contributed by atoms with Gasteiger partial charge in [0.15, 0.2) is 0 Å². The Kier molecular flexibility index (Phi) is 4.46. The lowest BCUT2D eigenvalue weighted by Crippen LogP contribution is -2.25. The van der Waals surface area contributed by atoms with E-state index >= 15 is 0 Å². The van der Waals surface area contributed by atoms with Crippen molar-refractivity contribution >= 4 is 0 Å². The lowest BCUT2D eigenvalue weighted by molar-refractivity contribution is 0.0530. The van der Waals surface area contributed by atoms with Crippen LogP contribution in [0.15, 0.2) is 54.6 Å². The summed E-state index contributed by atoms with van der Waals surface area (Å²) in [5, 5.41) is 10.9. The molecule has 0 aromatic heterocycles. The lowest BCUT2D eigenvalue weighted by atomic mass is 9.88. The largest absolute Gasteiger partial charge is 0.491 e. The van der Waals surface area contributed by atoms with Crippen molar-refractivity contribution in [3.63, 3.8) is 0 Å². The molecular formula is C18H22O2. The van der Waals surface area contributed by atoms with E-state index in [0.717, 1.165) is 16.9 Å². The molecule has 106 valence electrons. The third-order valence-electron chi connectivity index (χ3n) is 3.22. The Morgan fingerprint density at radius 3 is 2.25 bits per heavy atom. The van der Waals surface area contributed by atoms with Crippen LogP contribution in [0.25, 0.3) is 0 Å². The van der Waals surface area contributed by atoms with Crippen LogP contribution in [0.3, 0.4) is 0 Å². The molecule has 2 aromatic carbocycles. The van der Waals surface area contributed by atoms with Crippen LogP contribution < -0.4 is 4.74 Å². The van der Waals surface area contributed by atoms with Crippen molar-refractivity contribution in [2.75, 3.05) is 0 Å². The van der Waals surface area contributed by atoms with Crippen LogP contribution in [0.1, 0.15) is 31.9 Å². The van der Waals surface area contributed by atoms with Gasteiger partial charge in [0.2, 0.25) is 0 Å². The van der Waals surface area contributed by atoms with E-state index in [4.69, 9.17) is 4.74 Å². The number of hydrogen-bond acceptors (Lipinski definition) is 2. The zero-order chi connectivity index (χ0) is 14.6. The molecule has 2 nitrogen and oxygen atoms in total. The Morgan fingerprint density at radius 1 is 1.00 bits per heavy atom. The molecule has 0 aliphatic carbocycles. The Balaban J connectivity index is 2.29. The van der Waals surface area contributed by atoms with Crippen LogP contribution in [0, 0.1) is 0 Å². The molecule has 0 heterocycles. The fraction of sp³-hybridized carbons (Fsp3) is 0.333. The normalized spacial score (nSPS) is 14.1. The standard InChI is InChI=1S/C18H22O2/c1-14(2)20-17-12-8-7-11-16(17)18(3,19)13-15-9-5-4-6-10-15/h4-12,14,19H,13H2,1-3H3. The highest BCUT2D eigenvalue weighted by Gasteiger charge is 2.27. The summed E-state index contributed by atoms with van der Waals surface area (Å²) in [5.41, 5.74) is 0.988. The van der Waals surface area contributed by atoms with Crippen molar-refractivity contribution in [1.29, 1.82) is 0 Å². The average molecular weight is 270 g/mol. The number of aliphatic hydroxyl groups is 1. The van der Waals surface area contributed by atoms with E-state index in [9.17, 15) is 5.11 Å². The number of para-hydroxylation sites is 1. The molecule has 0 spiro atoms. The highest BCUT2D eigenvalue weighted by atomic mass is 16.5. The fourth-order valence-corrected chi connectivity index (χ4v) is 2.36. The predicted octanol–water partition coefficient (Wildman–Crippen LogP) is 3.92. The topological polar surface area (TPSA) is 29.5 Å². The molecule has 0 amide bonds. The van der Waals surface area contributed by atoms with E-state index in [2.05, 4.69) is 0 Å². The molecule has 1 unspecified atom stereocenters. The third kappa shape index (κ3) is 3.61. The Morgan fingerprint density at radius 2 is 1.60 bits per heavy atom. The smallest absolute Gasteiger partial charge is 0.125 e. The van der Waals surface area contributed by atoms with Crippen LogP contribution >= 0.6 is 0 Å². The van der Waals surface area contributed by atoms with E-state index in [1.807, 2.05) is 75.4 Å². The van der Waals surface area contributed by atoms with Gasteiger partial charge < -0.3 is 9.84 Å². The summed E-state index contributed by atoms with van der Waals surface area (Å²) in [6.07, 6.45) is 0.649. The van der Waals surface area contributed by atoms with E-state index in [1.165, 1.54) is 0 Å². The lowest BCUT2D eigenvalue weighted by Gasteiger charge is -2.27. The summed E-state index contributed by atoms with van der Waals surface area (Å²) >= 11 is 0. The minimum absolute atomic E-state index is 0.0867. The maximum absolute atomic E-state index is 10.9. The van der Waals surface area contributed by atoms with Gasteiger partial charge in [-0.15, -0.1) is 0 Å². The molecule has 0 saturated heterocycles. The molecule has 0 saturated carbocycles. The predicted molar refractivity (Wildman–Crippen MR) is 81.9 cm³/mol. The number of ether oxygens (including phenoxy) is 1. The average Bonchev–Trinajstić information content (AvgIpc) is 2.39. The highest BCUT2D eigenvalue weighted by molar-refractivity contribution is 5.39. The van der Waals surface area contributed by atoms with Crippen molar-refractivity contribution in [2.24, 2.45) is 0 Å². The van der Waals surface area contributed by atoms with Gasteiger partial charge in [-0.25, -0.2) is 0 Å². The van der Waals surface area contributed by atoms with E-state index in [-0.39, 0.29) is 6.10 Å². The van der Waals surface area contributed by atoms with Gasteiger partial charge in [-0.3, -0.25) is 0 Å². The molecule has 1 atom stereocenters. The van der Waals surface area contributed by atoms with Gasteiger partial charge in [0.05, 0.1) is 11.7 Å². The summed E-state index contributed by atoms with van der Waals surface area (Å²) in [6.45, 7) is 5.81. The number of benzene rings is 2. The SMILES string of the molecule is CC(C)Oc1ccccc1C(C)(O)Cc1ccccc1. The quantitative estimate of drug-likeness (QED) is 0.892. The maximum Gasteiger partial charge on any atom is 0.125 e. The van der Waals surface area contributed by atoms with Crippen LogP contribution in [0.5, 0.6) is 5.75 Å². The molecule has 1 N–H and O–H groups in total. The van der Waals surface area contributed by atoms with Gasteiger partial charge in [-0.1, -0.05) is 48.5 Å². The van der Waals surface area contributed by atoms with Gasteiger partial charge in [-0.2, -0.15) is 0 Å². The summed E-state index contributed by atoms with van der Waals surface area (Å²) in [5.74, 6) is 0.753. The second-order valence-electron chi connectivity index (χ2n) is 5.60. The first-order valence-corrected chi connectivity index (χ1v) is 7.01.